The van der Waals surface area contributed by atoms with Crippen LogP contribution in [0.2, 0.25) is 0 Å². The number of aryl methyl sites for hydroxylation is 3. The summed E-state index contributed by atoms with van der Waals surface area (Å²) < 4.78 is 0. The third-order valence-corrected chi connectivity index (χ3v) is 4.32. The van der Waals surface area contributed by atoms with Crippen molar-refractivity contribution in [3.05, 3.63) is 44.7 Å². The lowest BCUT2D eigenvalue weighted by Crippen LogP contribution is -2.16. The van der Waals surface area contributed by atoms with Crippen molar-refractivity contribution in [2.45, 2.75) is 52.4 Å². The number of nitrogens with one attached hydrogen (secondary N) is 1. The number of rotatable bonds is 1. The van der Waals surface area contributed by atoms with Gasteiger partial charge in [0.1, 0.15) is 0 Å². The highest BCUT2D eigenvalue weighted by Crippen LogP contribution is 2.28. The number of aromatic amines is 1. The van der Waals surface area contributed by atoms with Crippen molar-refractivity contribution in [1.29, 1.82) is 0 Å². The topological polar surface area (TPSA) is 32.9 Å². The molecule has 19 heavy (non-hydrogen) atoms. The Hall–Kier alpha value is -1.57. The van der Waals surface area contributed by atoms with Crippen LogP contribution in [0.1, 0.15) is 55.0 Å². The molecule has 0 atom stereocenters. The Morgan fingerprint density at radius 2 is 1.89 bits per heavy atom. The molecule has 0 fully saturated rings. The molecule has 0 radical (unpaired) electrons. The highest BCUT2D eigenvalue weighted by Gasteiger charge is 2.17. The predicted molar refractivity (Wildman–Crippen MR) is 80.0 cm³/mol. The van der Waals surface area contributed by atoms with Gasteiger partial charge in [-0.15, -0.1) is 0 Å². The van der Waals surface area contributed by atoms with E-state index in [2.05, 4.69) is 24.9 Å². The van der Waals surface area contributed by atoms with Crippen molar-refractivity contribution < 1.29 is 0 Å². The first-order chi connectivity index (χ1) is 9.09. The van der Waals surface area contributed by atoms with Gasteiger partial charge in [0.25, 0.3) is 0 Å². The summed E-state index contributed by atoms with van der Waals surface area (Å²) in [6.45, 7) is 6.20. The number of hydrogen-bond acceptors (Lipinski definition) is 1. The molecule has 1 aliphatic rings. The standard InChI is InChI=1S/C17H21NO/c1-10(2)15-11(3)18-16-13-7-5-4-6-12(13)8-9-14(16)17(15)19/h8-10H,4-7H2,1-3H3,(H,18,19). The van der Waals surface area contributed by atoms with E-state index >= 15 is 0 Å². The monoisotopic (exact) mass is 255 g/mol. The number of fused-ring (bicyclic) bond motifs is 3. The van der Waals surface area contributed by atoms with Crippen LogP contribution < -0.4 is 5.43 Å². The van der Waals surface area contributed by atoms with Crippen molar-refractivity contribution in [2.75, 3.05) is 0 Å². The smallest absolute Gasteiger partial charge is 0.193 e. The van der Waals surface area contributed by atoms with E-state index in [1.165, 1.54) is 24.0 Å². The van der Waals surface area contributed by atoms with Gasteiger partial charge >= 0.3 is 0 Å². The Bertz CT molecular complexity index is 694. The quantitative estimate of drug-likeness (QED) is 0.825. The van der Waals surface area contributed by atoms with E-state index < -0.39 is 0 Å². The van der Waals surface area contributed by atoms with Gasteiger partial charge in [-0.1, -0.05) is 19.9 Å². The van der Waals surface area contributed by atoms with Crippen molar-refractivity contribution in [1.82, 2.24) is 4.98 Å². The van der Waals surface area contributed by atoms with E-state index in [4.69, 9.17) is 0 Å². The first-order valence-corrected chi connectivity index (χ1v) is 7.27. The van der Waals surface area contributed by atoms with Crippen molar-refractivity contribution in [2.24, 2.45) is 0 Å². The molecule has 1 heterocycles. The van der Waals surface area contributed by atoms with Gasteiger partial charge in [-0.3, -0.25) is 4.79 Å². The normalized spacial score (nSPS) is 14.9. The SMILES string of the molecule is Cc1[nH]c2c3c(ccc2c(=O)c1C(C)C)CCCC3. The largest absolute Gasteiger partial charge is 0.358 e. The first kappa shape index (κ1) is 12.5. The molecule has 0 unspecified atom stereocenters. The highest BCUT2D eigenvalue weighted by molar-refractivity contribution is 5.84. The van der Waals surface area contributed by atoms with E-state index in [9.17, 15) is 4.79 Å². The van der Waals surface area contributed by atoms with Gasteiger partial charge in [0.05, 0.1) is 5.52 Å². The molecule has 0 saturated carbocycles. The molecule has 0 aliphatic heterocycles. The lowest BCUT2D eigenvalue weighted by Gasteiger charge is -2.19. The molecule has 2 heteroatoms. The van der Waals surface area contributed by atoms with Crippen LogP contribution in [0, 0.1) is 6.92 Å². The summed E-state index contributed by atoms with van der Waals surface area (Å²) in [6.07, 6.45) is 4.76. The maximum atomic E-state index is 12.7. The number of hydrogen-bond donors (Lipinski definition) is 1. The second-order valence-corrected chi connectivity index (χ2v) is 5.98. The summed E-state index contributed by atoms with van der Waals surface area (Å²) in [7, 11) is 0. The van der Waals surface area contributed by atoms with Gasteiger partial charge in [0.2, 0.25) is 0 Å². The third kappa shape index (κ3) is 1.90. The molecule has 2 nitrogen and oxygen atoms in total. The molecule has 1 aromatic heterocycles. The van der Waals surface area contributed by atoms with E-state index in [0.717, 1.165) is 35.0 Å². The summed E-state index contributed by atoms with van der Waals surface area (Å²) >= 11 is 0. The minimum absolute atomic E-state index is 0.217. The molecule has 0 amide bonds. The second kappa shape index (κ2) is 4.52. The highest BCUT2D eigenvalue weighted by atomic mass is 16.1. The lowest BCUT2D eigenvalue weighted by molar-refractivity contribution is 0.688. The number of H-pyrrole nitrogens is 1. The fourth-order valence-electron chi connectivity index (χ4n) is 3.43. The number of aromatic nitrogens is 1. The van der Waals surface area contributed by atoms with E-state index in [1.54, 1.807) is 0 Å². The number of benzene rings is 1. The molecule has 1 aliphatic carbocycles. The Morgan fingerprint density at radius 3 is 2.63 bits per heavy atom. The Morgan fingerprint density at radius 1 is 1.16 bits per heavy atom. The van der Waals surface area contributed by atoms with Crippen LogP contribution in [0.25, 0.3) is 10.9 Å². The maximum absolute atomic E-state index is 12.7. The predicted octanol–water partition coefficient (Wildman–Crippen LogP) is 3.84. The Kier molecular flexibility index (Phi) is 2.96. The molecule has 0 saturated heterocycles. The lowest BCUT2D eigenvalue weighted by atomic mass is 9.88. The molecule has 1 aromatic carbocycles. The van der Waals surface area contributed by atoms with Crippen LogP contribution >= 0.6 is 0 Å². The van der Waals surface area contributed by atoms with Crippen LogP contribution in [-0.2, 0) is 12.8 Å². The van der Waals surface area contributed by atoms with Crippen molar-refractivity contribution >= 4 is 10.9 Å². The molecule has 0 bridgehead atoms. The summed E-state index contributed by atoms with van der Waals surface area (Å²) in [6, 6.07) is 4.18. The minimum atomic E-state index is 0.217. The van der Waals surface area contributed by atoms with Gasteiger partial charge in [-0.2, -0.15) is 0 Å². The van der Waals surface area contributed by atoms with Gasteiger partial charge in [-0.05, 0) is 55.7 Å². The summed E-state index contributed by atoms with van der Waals surface area (Å²) in [5, 5.41) is 0.870. The zero-order valence-corrected chi connectivity index (χ0v) is 12.0. The van der Waals surface area contributed by atoms with Crippen molar-refractivity contribution in [3.8, 4) is 0 Å². The zero-order valence-electron chi connectivity index (χ0n) is 12.0. The minimum Gasteiger partial charge on any atom is -0.358 e. The molecule has 0 spiro atoms. The molecular formula is C17H21NO. The van der Waals surface area contributed by atoms with Crippen LogP contribution in [0.15, 0.2) is 16.9 Å². The van der Waals surface area contributed by atoms with Crippen LogP contribution in [0.3, 0.4) is 0 Å². The number of pyridine rings is 1. The van der Waals surface area contributed by atoms with E-state index in [-0.39, 0.29) is 11.3 Å². The van der Waals surface area contributed by atoms with Gasteiger partial charge < -0.3 is 4.98 Å². The zero-order chi connectivity index (χ0) is 13.6. The van der Waals surface area contributed by atoms with Crippen LogP contribution in [0.4, 0.5) is 0 Å². The molecule has 3 rings (SSSR count). The molecule has 100 valence electrons. The Labute approximate surface area is 113 Å². The average Bonchev–Trinajstić information content (AvgIpc) is 2.38. The molecule has 1 N–H and O–H groups in total. The van der Waals surface area contributed by atoms with Crippen LogP contribution in [-0.4, -0.2) is 4.98 Å². The maximum Gasteiger partial charge on any atom is 0.193 e. The first-order valence-electron chi connectivity index (χ1n) is 7.27. The van der Waals surface area contributed by atoms with Gasteiger partial charge in [0.15, 0.2) is 5.43 Å². The Balaban J connectivity index is 2.38. The summed E-state index contributed by atoms with van der Waals surface area (Å²) in [4.78, 5) is 16.2. The second-order valence-electron chi connectivity index (χ2n) is 5.98. The van der Waals surface area contributed by atoms with Crippen LogP contribution in [0.5, 0.6) is 0 Å². The van der Waals surface area contributed by atoms with E-state index in [0.29, 0.717) is 0 Å². The van der Waals surface area contributed by atoms with Gasteiger partial charge in [0, 0.05) is 16.6 Å². The fraction of sp³-hybridized carbons (Fsp3) is 0.471. The van der Waals surface area contributed by atoms with Gasteiger partial charge in [-0.25, -0.2) is 0 Å². The molecular weight excluding hydrogens is 234 g/mol. The molecule has 2 aromatic rings. The average molecular weight is 255 g/mol. The van der Waals surface area contributed by atoms with Crippen molar-refractivity contribution in [3.63, 3.8) is 0 Å². The van der Waals surface area contributed by atoms with E-state index in [1.807, 2.05) is 13.0 Å². The summed E-state index contributed by atoms with van der Waals surface area (Å²) in [5.41, 5.74) is 6.07. The fourth-order valence-corrected chi connectivity index (χ4v) is 3.43. The summed E-state index contributed by atoms with van der Waals surface area (Å²) in [5.74, 6) is 0.268. The third-order valence-electron chi connectivity index (χ3n) is 4.32.